The number of rotatable bonds is 0. The molecule has 2 aliphatic heterocycles. The molecule has 0 saturated carbocycles. The van der Waals surface area contributed by atoms with Gasteiger partial charge in [-0.2, -0.15) is 0 Å². The second-order valence-electron chi connectivity index (χ2n) is 9.79. The maximum Gasteiger partial charge on any atom is 0.164 e. The van der Waals surface area contributed by atoms with Gasteiger partial charge in [-0.1, -0.05) is 97.1 Å². The molecule has 190 valence electrons. The smallest absolute Gasteiger partial charge is 0.164 e. The Balaban J connectivity index is 0.00000256. The van der Waals surface area contributed by atoms with Crippen LogP contribution >= 0.6 is 0 Å². The van der Waals surface area contributed by atoms with Crippen molar-refractivity contribution < 1.29 is 0 Å². The quantitative estimate of drug-likeness (QED) is 0.207. The van der Waals surface area contributed by atoms with E-state index in [9.17, 15) is 0 Å². The Bertz CT molecular complexity index is 2030. The summed E-state index contributed by atoms with van der Waals surface area (Å²) in [5.41, 5.74) is 6.45. The zero-order chi connectivity index (χ0) is 26.2. The molecule has 4 aromatic carbocycles. The number of H-pyrrole nitrogens is 2. The van der Waals surface area contributed by atoms with E-state index in [0.717, 1.165) is 43.8 Å². The van der Waals surface area contributed by atoms with Gasteiger partial charge in [-0.25, -0.2) is 29.9 Å². The minimum atomic E-state index is 0. The molecule has 8 nitrogen and oxygen atoms in total. The normalized spacial score (nSPS) is 11.7. The van der Waals surface area contributed by atoms with E-state index in [4.69, 9.17) is 29.9 Å². The molecule has 8 bridgehead atoms. The molecule has 0 fully saturated rings. The van der Waals surface area contributed by atoms with Gasteiger partial charge in [0.05, 0.1) is 0 Å². The van der Waals surface area contributed by atoms with Crippen LogP contribution in [-0.4, -0.2) is 85.4 Å². The Hall–Kier alpha value is -4.28. The number of nitrogens with one attached hydrogen (secondary N) is 2. The molecule has 7 aromatic rings. The number of hydrogen-bond donors (Lipinski definition) is 2. The third kappa shape index (κ3) is 3.78. The molecule has 2 aliphatic rings. The average molecular weight is 604 g/mol. The third-order valence-corrected chi connectivity index (χ3v) is 7.46. The van der Waals surface area contributed by atoms with Gasteiger partial charge in [-0.05, 0) is 0 Å². The Labute approximate surface area is 269 Å². The van der Waals surface area contributed by atoms with Crippen molar-refractivity contribution in [1.29, 1.82) is 0 Å². The standard InChI is InChI=1S/C32H18N8.Sr.2H/c1-2-10-18-17(9-1)25-33-26(18)38-28-21-13-5-6-14-22(21)30(35-28)40-32-24-16-8-7-15-23(24)31(36-32)39-29-20-12-4-3-11-19(20)27(34-29)37-25;;;/h1-16H,(H2,33,34,35,36,37,38,39,40);;;. The molecule has 2 N–H and O–H groups in total. The van der Waals surface area contributed by atoms with E-state index in [1.54, 1.807) is 0 Å². The van der Waals surface area contributed by atoms with E-state index >= 15 is 0 Å². The SMILES string of the molecule is [SrH2].c1ccc2c(c1)-c1nc-2nc2[nH]c(nc3nc(nc4[nH]c(n1)c1ccccc41)-c1ccccc1-3)c1ccccc21. The van der Waals surface area contributed by atoms with E-state index in [0.29, 0.717) is 45.9 Å². The van der Waals surface area contributed by atoms with Crippen molar-refractivity contribution >= 4 is 89.6 Å². The van der Waals surface area contributed by atoms with Crippen LogP contribution in [0.5, 0.6) is 0 Å². The summed E-state index contributed by atoms with van der Waals surface area (Å²) in [4.78, 5) is 36.8. The van der Waals surface area contributed by atoms with Crippen molar-refractivity contribution in [2.24, 2.45) is 0 Å². The molecule has 0 spiro atoms. The van der Waals surface area contributed by atoms with Gasteiger partial charge < -0.3 is 9.97 Å². The Morgan fingerprint density at radius 1 is 0.317 bits per heavy atom. The van der Waals surface area contributed by atoms with Gasteiger partial charge in [0.2, 0.25) is 0 Å². The predicted octanol–water partition coefficient (Wildman–Crippen LogP) is 5.95. The first kappa shape index (κ1) is 24.5. The summed E-state index contributed by atoms with van der Waals surface area (Å²) < 4.78 is 0. The summed E-state index contributed by atoms with van der Waals surface area (Å²) in [6, 6.07) is 32.2. The second kappa shape index (κ2) is 9.39. The molecule has 41 heavy (non-hydrogen) atoms. The molecule has 9 rings (SSSR count). The Kier molecular flexibility index (Phi) is 5.61. The van der Waals surface area contributed by atoms with Crippen LogP contribution in [0.25, 0.3) is 89.7 Å². The van der Waals surface area contributed by atoms with E-state index in [1.807, 2.05) is 97.1 Å². The molecule has 5 heterocycles. The maximum absolute atomic E-state index is 5.02. The van der Waals surface area contributed by atoms with Gasteiger partial charge in [0, 0.05) is 43.8 Å². The van der Waals surface area contributed by atoms with Crippen molar-refractivity contribution in [3.63, 3.8) is 0 Å². The van der Waals surface area contributed by atoms with Gasteiger partial charge in [-0.15, -0.1) is 0 Å². The van der Waals surface area contributed by atoms with Gasteiger partial charge in [0.25, 0.3) is 0 Å². The Morgan fingerprint density at radius 3 is 0.829 bits per heavy atom. The molecule has 0 unspecified atom stereocenters. The first-order chi connectivity index (χ1) is 19.8. The Morgan fingerprint density at radius 2 is 0.561 bits per heavy atom. The molecule has 9 heteroatoms. The fraction of sp³-hybridized carbons (Fsp3) is 0. The minimum Gasteiger partial charge on any atom is -0.324 e. The van der Waals surface area contributed by atoms with Crippen LogP contribution in [0.15, 0.2) is 97.1 Å². The van der Waals surface area contributed by atoms with E-state index in [1.165, 1.54) is 0 Å². The summed E-state index contributed by atoms with van der Waals surface area (Å²) in [7, 11) is 0. The summed E-state index contributed by atoms with van der Waals surface area (Å²) in [6.45, 7) is 0. The summed E-state index contributed by atoms with van der Waals surface area (Å²) in [6.07, 6.45) is 0. The number of aromatic nitrogens is 8. The topological polar surface area (TPSA) is 109 Å². The van der Waals surface area contributed by atoms with Crippen molar-refractivity contribution in [2.75, 3.05) is 0 Å². The van der Waals surface area contributed by atoms with Crippen molar-refractivity contribution in [1.82, 2.24) is 39.9 Å². The minimum absolute atomic E-state index is 0. The monoisotopic (exact) mass is 604 g/mol. The predicted molar refractivity (Wildman–Crippen MR) is 165 cm³/mol. The van der Waals surface area contributed by atoms with Gasteiger partial charge in [0.1, 0.15) is 22.6 Å². The molecule has 3 aromatic heterocycles. The summed E-state index contributed by atoms with van der Waals surface area (Å²) in [5.74, 6) is 2.39. The molecule has 0 atom stereocenters. The van der Waals surface area contributed by atoms with Crippen LogP contribution < -0.4 is 0 Å². The van der Waals surface area contributed by atoms with E-state index in [-0.39, 0.29) is 45.5 Å². The molecular weight excluding hydrogens is 584 g/mol. The zero-order valence-electron chi connectivity index (χ0n) is 20.9. The number of nitrogens with zero attached hydrogens (tertiary/aromatic N) is 6. The van der Waals surface area contributed by atoms with Gasteiger partial charge >= 0.3 is 45.5 Å². The molecular formula is C32H20N8Sr. The molecule has 0 saturated heterocycles. The number of hydrogen-bond acceptors (Lipinski definition) is 6. The first-order valence-electron chi connectivity index (χ1n) is 13.0. The van der Waals surface area contributed by atoms with Crippen LogP contribution in [0.3, 0.4) is 0 Å². The molecule has 0 radical (unpaired) electrons. The van der Waals surface area contributed by atoms with Crippen molar-refractivity contribution in [3.8, 4) is 45.6 Å². The fourth-order valence-corrected chi connectivity index (χ4v) is 5.59. The van der Waals surface area contributed by atoms with Crippen LogP contribution in [0, 0.1) is 0 Å². The largest absolute Gasteiger partial charge is 0.324 e. The number of aromatic amines is 2. The van der Waals surface area contributed by atoms with Crippen LogP contribution in [0.4, 0.5) is 0 Å². The third-order valence-electron chi connectivity index (χ3n) is 7.46. The van der Waals surface area contributed by atoms with E-state index in [2.05, 4.69) is 9.97 Å². The van der Waals surface area contributed by atoms with Crippen molar-refractivity contribution in [3.05, 3.63) is 97.1 Å². The van der Waals surface area contributed by atoms with Crippen molar-refractivity contribution in [2.45, 2.75) is 0 Å². The second-order valence-corrected chi connectivity index (χ2v) is 9.79. The van der Waals surface area contributed by atoms with Crippen LogP contribution in [-0.2, 0) is 0 Å². The number of fused-ring (bicyclic) bond motifs is 20. The summed E-state index contributed by atoms with van der Waals surface area (Å²) in [5, 5.41) is 3.82. The van der Waals surface area contributed by atoms with Crippen LogP contribution in [0.2, 0.25) is 0 Å². The molecule has 0 aliphatic carbocycles. The van der Waals surface area contributed by atoms with Crippen LogP contribution in [0.1, 0.15) is 0 Å². The van der Waals surface area contributed by atoms with Gasteiger partial charge in [0.15, 0.2) is 23.3 Å². The maximum atomic E-state index is 5.02. The molecule has 0 amide bonds. The van der Waals surface area contributed by atoms with Gasteiger partial charge in [-0.3, -0.25) is 0 Å². The first-order valence-corrected chi connectivity index (χ1v) is 13.0. The number of benzene rings is 4. The fourth-order valence-electron chi connectivity index (χ4n) is 5.59. The zero-order valence-corrected chi connectivity index (χ0v) is 20.9. The van der Waals surface area contributed by atoms with E-state index < -0.39 is 0 Å². The summed E-state index contributed by atoms with van der Waals surface area (Å²) >= 11 is 0. The average Bonchev–Trinajstić information content (AvgIpc) is 3.73.